The molecule has 0 N–H and O–H groups in total. The van der Waals surface area contributed by atoms with E-state index in [1.165, 1.54) is 31.2 Å². The quantitative estimate of drug-likeness (QED) is 0.477. The molecule has 0 saturated carbocycles. The van der Waals surface area contributed by atoms with Crippen molar-refractivity contribution in [3.05, 3.63) is 57.1 Å². The monoisotopic (exact) mass is 340 g/mol. The van der Waals surface area contributed by atoms with Gasteiger partial charge >= 0.3 is 0 Å². The van der Waals surface area contributed by atoms with Crippen molar-refractivity contribution in [3.8, 4) is 0 Å². The van der Waals surface area contributed by atoms with E-state index in [9.17, 15) is 23.3 Å². The number of hydrogen-bond donors (Lipinski definition) is 0. The molecule has 0 fully saturated rings. The van der Waals surface area contributed by atoms with E-state index in [1.54, 1.807) is 0 Å². The van der Waals surface area contributed by atoms with Crippen LogP contribution in [0.15, 0.2) is 56.3 Å². The number of benzene rings is 1. The summed E-state index contributed by atoms with van der Waals surface area (Å²) in [5.41, 5.74) is -0.0135. The van der Waals surface area contributed by atoms with Gasteiger partial charge in [0.2, 0.25) is 0 Å². The lowest BCUT2D eigenvalue weighted by atomic mass is 10.1. The lowest BCUT2D eigenvalue weighted by Gasteiger charge is -2.08. The highest BCUT2D eigenvalue weighted by atomic mass is 35.5. The average molecular weight is 341 g/mol. The number of non-ortho nitro benzene ring substituents is 1. The normalized spacial score (nSPS) is 17.2. The summed E-state index contributed by atoms with van der Waals surface area (Å²) in [4.78, 5) is 21.0. The van der Waals surface area contributed by atoms with Crippen LogP contribution in [0, 0.1) is 10.1 Å². The predicted octanol–water partition coefficient (Wildman–Crippen LogP) is 2.38. The molecular weight excluding hydrogens is 332 g/mol. The van der Waals surface area contributed by atoms with Gasteiger partial charge in [-0.15, -0.1) is 0 Å². The van der Waals surface area contributed by atoms with Crippen LogP contribution in [0.2, 0.25) is 0 Å². The summed E-state index contributed by atoms with van der Waals surface area (Å²) >= 11 is 5.67. The SMILES string of the molecule is CC1=CC(=O)C(Cl)=C/C1=N\S(=O)(=O)c1cccc([N+](=O)[O-])c1. The van der Waals surface area contributed by atoms with Gasteiger partial charge in [-0.05, 0) is 30.7 Å². The summed E-state index contributed by atoms with van der Waals surface area (Å²) < 4.78 is 28.0. The van der Waals surface area contributed by atoms with Gasteiger partial charge < -0.3 is 0 Å². The molecule has 0 atom stereocenters. The van der Waals surface area contributed by atoms with E-state index in [2.05, 4.69) is 4.40 Å². The number of carbonyl (C=O) groups excluding carboxylic acids is 1. The van der Waals surface area contributed by atoms with Gasteiger partial charge in [-0.3, -0.25) is 14.9 Å². The highest BCUT2D eigenvalue weighted by molar-refractivity contribution is 7.90. The Morgan fingerprint density at radius 2 is 1.95 bits per heavy atom. The molecule has 0 spiro atoms. The van der Waals surface area contributed by atoms with Crippen molar-refractivity contribution in [1.29, 1.82) is 0 Å². The van der Waals surface area contributed by atoms with E-state index in [0.717, 1.165) is 12.1 Å². The summed E-state index contributed by atoms with van der Waals surface area (Å²) in [7, 11) is -4.16. The van der Waals surface area contributed by atoms with Crippen LogP contribution in [0.3, 0.4) is 0 Å². The molecule has 7 nitrogen and oxygen atoms in total. The second kappa shape index (κ2) is 5.82. The van der Waals surface area contributed by atoms with Crippen molar-refractivity contribution in [2.75, 3.05) is 0 Å². The van der Waals surface area contributed by atoms with Crippen molar-refractivity contribution in [2.45, 2.75) is 11.8 Å². The van der Waals surface area contributed by atoms with Gasteiger partial charge in [0, 0.05) is 12.1 Å². The Bertz CT molecular complexity index is 868. The van der Waals surface area contributed by atoms with Crippen LogP contribution in [0.25, 0.3) is 0 Å². The molecule has 0 radical (unpaired) electrons. The molecule has 22 heavy (non-hydrogen) atoms. The molecule has 114 valence electrons. The zero-order chi connectivity index (χ0) is 16.5. The molecule has 1 aliphatic carbocycles. The van der Waals surface area contributed by atoms with Crippen LogP contribution in [-0.2, 0) is 14.8 Å². The molecular formula is C13H9ClN2O5S. The topological polar surface area (TPSA) is 107 Å². The van der Waals surface area contributed by atoms with Gasteiger partial charge in [0.05, 0.1) is 20.6 Å². The third-order valence-corrected chi connectivity index (χ3v) is 4.38. The van der Waals surface area contributed by atoms with Gasteiger partial charge in [-0.2, -0.15) is 12.8 Å². The fourth-order valence-electron chi connectivity index (χ4n) is 1.68. The third-order valence-electron chi connectivity index (χ3n) is 2.80. The second-order valence-corrected chi connectivity index (χ2v) is 6.40. The van der Waals surface area contributed by atoms with Crippen molar-refractivity contribution >= 4 is 38.8 Å². The first-order chi connectivity index (χ1) is 10.2. The second-order valence-electron chi connectivity index (χ2n) is 4.39. The molecule has 2 rings (SSSR count). The van der Waals surface area contributed by atoms with E-state index in [0.29, 0.717) is 5.57 Å². The number of nitro benzene ring substituents is 1. The smallest absolute Gasteiger partial charge is 0.283 e. The summed E-state index contributed by atoms with van der Waals surface area (Å²) in [6.07, 6.45) is 2.32. The molecule has 0 aromatic heterocycles. The first-order valence-electron chi connectivity index (χ1n) is 5.90. The lowest BCUT2D eigenvalue weighted by Crippen LogP contribution is -2.11. The maximum atomic E-state index is 12.2. The van der Waals surface area contributed by atoms with Crippen LogP contribution in [0.5, 0.6) is 0 Å². The Labute approximate surface area is 130 Å². The molecule has 1 aromatic carbocycles. The van der Waals surface area contributed by atoms with E-state index >= 15 is 0 Å². The number of sulfonamides is 1. The van der Waals surface area contributed by atoms with Crippen LogP contribution >= 0.6 is 11.6 Å². The maximum Gasteiger partial charge on any atom is 0.283 e. The molecule has 9 heteroatoms. The molecule has 0 bridgehead atoms. The highest BCUT2D eigenvalue weighted by Gasteiger charge is 2.20. The van der Waals surface area contributed by atoms with E-state index in [-0.39, 0.29) is 21.3 Å². The van der Waals surface area contributed by atoms with E-state index in [4.69, 9.17) is 11.6 Å². The largest absolute Gasteiger partial charge is 0.288 e. The molecule has 1 aliphatic rings. The van der Waals surface area contributed by atoms with Crippen LogP contribution < -0.4 is 0 Å². The van der Waals surface area contributed by atoms with E-state index < -0.39 is 20.7 Å². The fraction of sp³-hybridized carbons (Fsp3) is 0.0769. The number of nitrogens with zero attached hydrogens (tertiary/aromatic N) is 2. The summed E-state index contributed by atoms with van der Waals surface area (Å²) in [6, 6.07) is 4.54. The molecule has 1 aromatic rings. The lowest BCUT2D eigenvalue weighted by molar-refractivity contribution is -0.385. The molecule has 0 unspecified atom stereocenters. The van der Waals surface area contributed by atoms with Crippen molar-refractivity contribution in [3.63, 3.8) is 0 Å². The number of halogens is 1. The van der Waals surface area contributed by atoms with Crippen LogP contribution in [-0.4, -0.2) is 24.8 Å². The molecule has 0 amide bonds. The van der Waals surface area contributed by atoms with Crippen LogP contribution in [0.1, 0.15) is 6.92 Å². The number of ketones is 1. The zero-order valence-corrected chi connectivity index (χ0v) is 12.8. The van der Waals surface area contributed by atoms with Crippen LogP contribution in [0.4, 0.5) is 5.69 Å². The Morgan fingerprint density at radius 3 is 2.59 bits per heavy atom. The minimum atomic E-state index is -4.16. The number of carbonyl (C=O) groups is 1. The Morgan fingerprint density at radius 1 is 1.27 bits per heavy atom. The summed E-state index contributed by atoms with van der Waals surface area (Å²) in [6.45, 7) is 1.51. The fourth-order valence-corrected chi connectivity index (χ4v) is 2.92. The van der Waals surface area contributed by atoms with E-state index in [1.807, 2.05) is 0 Å². The zero-order valence-electron chi connectivity index (χ0n) is 11.2. The van der Waals surface area contributed by atoms with Gasteiger partial charge in [-0.1, -0.05) is 17.7 Å². The van der Waals surface area contributed by atoms with Gasteiger partial charge in [0.1, 0.15) is 0 Å². The van der Waals surface area contributed by atoms with Gasteiger partial charge in [-0.25, -0.2) is 0 Å². The number of nitro groups is 1. The predicted molar refractivity (Wildman–Crippen MR) is 80.4 cm³/mol. The van der Waals surface area contributed by atoms with Crippen molar-refractivity contribution in [1.82, 2.24) is 0 Å². The standard InChI is InChI=1S/C13H9ClN2O5S/c1-8-5-13(17)11(14)7-12(8)15-22(20,21)10-4-2-3-9(6-10)16(18)19/h2-7H,1H3/b15-12+. The summed E-state index contributed by atoms with van der Waals surface area (Å²) in [5.74, 6) is -0.439. The number of allylic oxidation sites excluding steroid dienone is 4. The molecule has 0 aliphatic heterocycles. The number of rotatable bonds is 3. The van der Waals surface area contributed by atoms with Crippen molar-refractivity contribution in [2.24, 2.45) is 4.40 Å². The van der Waals surface area contributed by atoms with Crippen molar-refractivity contribution < 1.29 is 18.1 Å². The van der Waals surface area contributed by atoms with Gasteiger partial charge in [0.15, 0.2) is 5.78 Å². The Hall–Kier alpha value is -2.32. The number of hydrogen-bond acceptors (Lipinski definition) is 5. The Balaban J connectivity index is 2.50. The minimum Gasteiger partial charge on any atom is -0.288 e. The Kier molecular flexibility index (Phi) is 4.25. The third kappa shape index (κ3) is 3.29. The summed E-state index contributed by atoms with van der Waals surface area (Å²) in [5, 5.41) is 10.5. The minimum absolute atomic E-state index is 0.0103. The first-order valence-corrected chi connectivity index (χ1v) is 7.72. The van der Waals surface area contributed by atoms with Gasteiger partial charge in [0.25, 0.3) is 15.7 Å². The first kappa shape index (κ1) is 16.1. The highest BCUT2D eigenvalue weighted by Crippen LogP contribution is 2.22. The average Bonchev–Trinajstić information content (AvgIpc) is 2.44. The molecule has 0 saturated heterocycles. The maximum absolute atomic E-state index is 12.2. The molecule has 0 heterocycles.